The third-order valence-electron chi connectivity index (χ3n) is 5.61. The van der Waals surface area contributed by atoms with Crippen LogP contribution in [-0.2, 0) is 0 Å². The number of hydrogen-bond donors (Lipinski definition) is 4. The van der Waals surface area contributed by atoms with E-state index in [0.717, 1.165) is 11.4 Å². The standard InChI is InChI=1S/C30H23BrN6O2/c31-22-18-20(29(38)36-27-25(13-7-15-32-27)34-23-9-3-1-4-10-23)17-21(19-22)30(39)37-28-26(14-8-16-33-28)35-24-11-5-2-6-12-24/h1-19,34-35H,(H,32,36,38)(H,33,37,39). The van der Waals surface area contributed by atoms with E-state index in [2.05, 4.69) is 47.2 Å². The number of hydrogen-bond acceptors (Lipinski definition) is 6. The van der Waals surface area contributed by atoms with Crippen LogP contribution in [0.1, 0.15) is 20.7 Å². The summed E-state index contributed by atoms with van der Waals surface area (Å²) in [7, 11) is 0. The van der Waals surface area contributed by atoms with Crippen LogP contribution in [0.2, 0.25) is 0 Å². The maximum Gasteiger partial charge on any atom is 0.256 e. The Balaban J connectivity index is 1.34. The number of carbonyl (C=O) groups is 2. The summed E-state index contributed by atoms with van der Waals surface area (Å²) in [5.74, 6) is -0.0984. The number of pyridine rings is 2. The summed E-state index contributed by atoms with van der Waals surface area (Å²) in [6.45, 7) is 0. The first-order valence-electron chi connectivity index (χ1n) is 12.0. The minimum atomic E-state index is -0.413. The van der Waals surface area contributed by atoms with E-state index in [9.17, 15) is 9.59 Å². The molecular formula is C30H23BrN6O2. The molecule has 0 aliphatic carbocycles. The summed E-state index contributed by atoms with van der Waals surface area (Å²) in [6, 6.07) is 31.2. The fourth-order valence-corrected chi connectivity index (χ4v) is 4.27. The molecule has 0 unspecified atom stereocenters. The summed E-state index contributed by atoms with van der Waals surface area (Å²) in [5.41, 5.74) is 3.57. The van der Waals surface area contributed by atoms with Gasteiger partial charge in [-0.1, -0.05) is 52.3 Å². The van der Waals surface area contributed by atoms with Crippen molar-refractivity contribution in [3.63, 3.8) is 0 Å². The quantitative estimate of drug-likeness (QED) is 0.155. The second-order valence-electron chi connectivity index (χ2n) is 8.42. The lowest BCUT2D eigenvalue weighted by molar-refractivity contribution is 0.102. The SMILES string of the molecule is O=C(Nc1ncccc1Nc1ccccc1)c1cc(Br)cc(C(=O)Nc2ncccc2Nc2ccccc2)c1. The Morgan fingerprint density at radius 2 is 1.00 bits per heavy atom. The molecule has 9 heteroatoms. The summed E-state index contributed by atoms with van der Waals surface area (Å²) in [6.07, 6.45) is 3.19. The second kappa shape index (κ2) is 12.0. The first-order chi connectivity index (χ1) is 19.0. The first kappa shape index (κ1) is 25.6. The molecule has 2 heterocycles. The van der Waals surface area contributed by atoms with E-state index >= 15 is 0 Å². The zero-order valence-corrected chi connectivity index (χ0v) is 22.1. The molecule has 192 valence electrons. The molecule has 5 rings (SSSR count). The van der Waals surface area contributed by atoms with Crippen molar-refractivity contribution < 1.29 is 9.59 Å². The van der Waals surface area contributed by atoms with E-state index in [0.29, 0.717) is 27.5 Å². The van der Waals surface area contributed by atoms with Gasteiger partial charge in [0, 0.05) is 39.4 Å². The molecule has 2 amide bonds. The Labute approximate surface area is 233 Å². The molecule has 0 atom stereocenters. The van der Waals surface area contributed by atoms with Crippen molar-refractivity contribution in [2.24, 2.45) is 0 Å². The van der Waals surface area contributed by atoms with Gasteiger partial charge in [-0.25, -0.2) is 9.97 Å². The predicted molar refractivity (Wildman–Crippen MR) is 158 cm³/mol. The third-order valence-corrected chi connectivity index (χ3v) is 6.06. The summed E-state index contributed by atoms with van der Waals surface area (Å²) in [5, 5.41) is 12.2. The number of nitrogens with zero attached hydrogens (tertiary/aromatic N) is 2. The van der Waals surface area contributed by atoms with Crippen LogP contribution in [-0.4, -0.2) is 21.8 Å². The van der Waals surface area contributed by atoms with E-state index in [4.69, 9.17) is 0 Å². The van der Waals surface area contributed by atoms with Gasteiger partial charge in [0.15, 0.2) is 11.6 Å². The molecule has 39 heavy (non-hydrogen) atoms. The highest BCUT2D eigenvalue weighted by atomic mass is 79.9. The number of amides is 2. The normalized spacial score (nSPS) is 10.4. The van der Waals surface area contributed by atoms with Crippen molar-refractivity contribution in [3.8, 4) is 0 Å². The number of halogens is 1. The lowest BCUT2D eigenvalue weighted by atomic mass is 10.1. The second-order valence-corrected chi connectivity index (χ2v) is 9.33. The van der Waals surface area contributed by atoms with Gasteiger partial charge in [0.1, 0.15) is 0 Å². The Kier molecular flexibility index (Phi) is 7.89. The highest BCUT2D eigenvalue weighted by molar-refractivity contribution is 9.10. The van der Waals surface area contributed by atoms with Gasteiger partial charge in [-0.3, -0.25) is 9.59 Å². The summed E-state index contributed by atoms with van der Waals surface area (Å²) < 4.78 is 0.576. The number of nitrogens with one attached hydrogen (secondary N) is 4. The lowest BCUT2D eigenvalue weighted by Gasteiger charge is -2.14. The van der Waals surface area contributed by atoms with Crippen LogP contribution < -0.4 is 21.3 Å². The Hall–Kier alpha value is -5.02. The van der Waals surface area contributed by atoms with E-state index < -0.39 is 11.8 Å². The molecule has 5 aromatic rings. The van der Waals surface area contributed by atoms with Crippen LogP contribution >= 0.6 is 15.9 Å². The van der Waals surface area contributed by atoms with Gasteiger partial charge in [-0.05, 0) is 66.7 Å². The van der Waals surface area contributed by atoms with Gasteiger partial charge in [-0.15, -0.1) is 0 Å². The minimum Gasteiger partial charge on any atom is -0.353 e. The van der Waals surface area contributed by atoms with Crippen LogP contribution in [0.25, 0.3) is 0 Å². The van der Waals surface area contributed by atoms with Gasteiger partial charge in [0.25, 0.3) is 11.8 Å². The van der Waals surface area contributed by atoms with Crippen molar-refractivity contribution in [2.45, 2.75) is 0 Å². The molecule has 3 aromatic carbocycles. The Bertz CT molecular complexity index is 1500. The van der Waals surface area contributed by atoms with Gasteiger partial charge in [0.05, 0.1) is 11.4 Å². The number of anilines is 6. The molecular weight excluding hydrogens is 556 g/mol. The van der Waals surface area contributed by atoms with Crippen molar-refractivity contribution in [1.82, 2.24) is 9.97 Å². The zero-order valence-electron chi connectivity index (χ0n) is 20.6. The Morgan fingerprint density at radius 1 is 0.564 bits per heavy atom. The lowest BCUT2D eigenvalue weighted by Crippen LogP contribution is -2.17. The van der Waals surface area contributed by atoms with Crippen molar-refractivity contribution in [1.29, 1.82) is 0 Å². The molecule has 0 saturated heterocycles. The van der Waals surface area contributed by atoms with Crippen LogP contribution in [0.3, 0.4) is 0 Å². The van der Waals surface area contributed by atoms with E-state index in [-0.39, 0.29) is 11.1 Å². The van der Waals surface area contributed by atoms with Crippen molar-refractivity contribution >= 4 is 62.1 Å². The number of carbonyl (C=O) groups excluding carboxylic acids is 2. The molecule has 0 aliphatic heterocycles. The maximum absolute atomic E-state index is 13.2. The van der Waals surface area contributed by atoms with E-state index in [1.54, 1.807) is 36.7 Å². The molecule has 2 aromatic heterocycles. The fourth-order valence-electron chi connectivity index (χ4n) is 3.78. The molecule has 0 bridgehead atoms. The average molecular weight is 579 g/mol. The van der Waals surface area contributed by atoms with Gasteiger partial charge in [0.2, 0.25) is 0 Å². The summed E-state index contributed by atoms with van der Waals surface area (Å²) >= 11 is 3.42. The number of rotatable bonds is 8. The molecule has 0 radical (unpaired) electrons. The highest BCUT2D eigenvalue weighted by Gasteiger charge is 2.16. The predicted octanol–water partition coefficient (Wildman–Crippen LogP) is 7.23. The fraction of sp³-hybridized carbons (Fsp3) is 0. The highest BCUT2D eigenvalue weighted by Crippen LogP contribution is 2.26. The summed E-state index contributed by atoms with van der Waals surface area (Å²) in [4.78, 5) is 35.1. The van der Waals surface area contributed by atoms with Gasteiger partial charge in [-0.2, -0.15) is 0 Å². The maximum atomic E-state index is 13.2. The number of aromatic nitrogens is 2. The third kappa shape index (κ3) is 6.65. The average Bonchev–Trinajstić information content (AvgIpc) is 2.96. The molecule has 4 N–H and O–H groups in total. The topological polar surface area (TPSA) is 108 Å². The minimum absolute atomic E-state index is 0.287. The largest absolute Gasteiger partial charge is 0.353 e. The van der Waals surface area contributed by atoms with Crippen molar-refractivity contribution in [3.05, 3.63) is 131 Å². The van der Waals surface area contributed by atoms with Gasteiger partial charge < -0.3 is 21.3 Å². The van der Waals surface area contributed by atoms with Crippen LogP contribution in [0, 0.1) is 0 Å². The van der Waals surface area contributed by atoms with Crippen LogP contribution in [0.15, 0.2) is 120 Å². The smallest absolute Gasteiger partial charge is 0.256 e. The van der Waals surface area contributed by atoms with E-state index in [1.807, 2.05) is 72.8 Å². The number of benzene rings is 3. The molecule has 0 spiro atoms. The molecule has 0 saturated carbocycles. The van der Waals surface area contributed by atoms with Gasteiger partial charge >= 0.3 is 0 Å². The van der Waals surface area contributed by atoms with Crippen LogP contribution in [0.4, 0.5) is 34.4 Å². The Morgan fingerprint density at radius 3 is 1.44 bits per heavy atom. The first-order valence-corrected chi connectivity index (χ1v) is 12.8. The number of para-hydroxylation sites is 2. The molecule has 0 aliphatic rings. The zero-order chi connectivity index (χ0) is 27.0. The van der Waals surface area contributed by atoms with Crippen molar-refractivity contribution in [2.75, 3.05) is 21.3 Å². The van der Waals surface area contributed by atoms with E-state index in [1.165, 1.54) is 6.07 Å². The van der Waals surface area contributed by atoms with Crippen LogP contribution in [0.5, 0.6) is 0 Å². The molecule has 0 fully saturated rings. The molecule has 8 nitrogen and oxygen atoms in total. The monoisotopic (exact) mass is 578 g/mol.